The summed E-state index contributed by atoms with van der Waals surface area (Å²) in [5, 5.41) is 0. The molecule has 0 fully saturated rings. The van der Waals surface area contributed by atoms with Crippen LogP contribution in [0.25, 0.3) is 0 Å². The number of hydrogen-bond acceptors (Lipinski definition) is 3. The maximum atomic E-state index is 13.8. The Morgan fingerprint density at radius 1 is 1.21 bits per heavy atom. The number of nitrogens with two attached hydrogens (primary N) is 1. The number of benzene rings is 1. The van der Waals surface area contributed by atoms with Gasteiger partial charge in [0.05, 0.1) is 11.7 Å². The summed E-state index contributed by atoms with van der Waals surface area (Å²) < 4.78 is 28.9. The van der Waals surface area contributed by atoms with Crippen LogP contribution in [-0.4, -0.2) is 4.98 Å². The highest BCUT2D eigenvalue weighted by molar-refractivity contribution is 9.11. The SMILES string of the molecule is NNC(c1ncc(Br)cc1Br)c1c(F)cccc1F. The Hall–Kier alpha value is -0.890. The molecule has 19 heavy (non-hydrogen) atoms. The fourth-order valence-corrected chi connectivity index (χ4v) is 2.94. The summed E-state index contributed by atoms with van der Waals surface area (Å²) in [6.07, 6.45) is 1.53. The van der Waals surface area contributed by atoms with Crippen molar-refractivity contribution < 1.29 is 8.78 Å². The third kappa shape index (κ3) is 3.00. The molecule has 0 spiro atoms. The first-order valence-corrected chi connectivity index (χ1v) is 6.84. The first kappa shape index (κ1) is 14.5. The van der Waals surface area contributed by atoms with E-state index in [1.165, 1.54) is 24.4 Å². The van der Waals surface area contributed by atoms with Crippen molar-refractivity contribution in [2.75, 3.05) is 0 Å². The first-order valence-electron chi connectivity index (χ1n) is 5.25. The van der Waals surface area contributed by atoms with Crippen molar-refractivity contribution in [3.63, 3.8) is 0 Å². The summed E-state index contributed by atoms with van der Waals surface area (Å²) in [5.74, 6) is 4.06. The molecule has 3 N–H and O–H groups in total. The lowest BCUT2D eigenvalue weighted by Crippen LogP contribution is -2.31. The lowest BCUT2D eigenvalue weighted by atomic mass is 10.0. The van der Waals surface area contributed by atoms with Gasteiger partial charge in [-0.1, -0.05) is 6.07 Å². The molecule has 1 atom stereocenters. The smallest absolute Gasteiger partial charge is 0.131 e. The normalized spacial score (nSPS) is 12.5. The summed E-state index contributed by atoms with van der Waals surface area (Å²) in [7, 11) is 0. The van der Waals surface area contributed by atoms with Crippen molar-refractivity contribution in [3.8, 4) is 0 Å². The van der Waals surface area contributed by atoms with Gasteiger partial charge in [0.25, 0.3) is 0 Å². The monoisotopic (exact) mass is 391 g/mol. The highest BCUT2D eigenvalue weighted by Gasteiger charge is 2.23. The predicted molar refractivity (Wildman–Crippen MR) is 75.2 cm³/mol. The number of rotatable bonds is 3. The molecule has 2 aromatic rings. The van der Waals surface area contributed by atoms with E-state index in [0.717, 1.165) is 4.47 Å². The Labute approximate surface area is 125 Å². The average Bonchev–Trinajstić information content (AvgIpc) is 2.35. The molecule has 0 aliphatic carbocycles. The molecule has 3 nitrogen and oxygen atoms in total. The van der Waals surface area contributed by atoms with E-state index in [9.17, 15) is 8.78 Å². The molecule has 0 amide bonds. The van der Waals surface area contributed by atoms with Gasteiger partial charge in [-0.05, 0) is 50.1 Å². The standard InChI is InChI=1S/C12H9Br2F2N3/c13-6-4-7(14)11(18-5-6)12(19-17)10-8(15)2-1-3-9(10)16/h1-5,12,19H,17H2. The minimum atomic E-state index is -0.885. The highest BCUT2D eigenvalue weighted by Crippen LogP contribution is 2.30. The predicted octanol–water partition coefficient (Wildman–Crippen LogP) is 3.44. The molecule has 1 unspecified atom stereocenters. The van der Waals surface area contributed by atoms with Crippen molar-refractivity contribution in [2.45, 2.75) is 6.04 Å². The third-order valence-corrected chi connectivity index (χ3v) is 3.63. The minimum Gasteiger partial charge on any atom is -0.271 e. The largest absolute Gasteiger partial charge is 0.271 e. The Bertz CT molecular complexity index is 587. The second kappa shape index (κ2) is 6.04. The van der Waals surface area contributed by atoms with Crippen LogP contribution in [0, 0.1) is 11.6 Å². The number of pyridine rings is 1. The first-order chi connectivity index (χ1) is 9.04. The van der Waals surface area contributed by atoms with Gasteiger partial charge in [-0.15, -0.1) is 0 Å². The number of nitrogens with one attached hydrogen (secondary N) is 1. The molecule has 1 aromatic heterocycles. The summed E-state index contributed by atoms with van der Waals surface area (Å²) >= 11 is 6.56. The Kier molecular flexibility index (Phi) is 4.62. The summed E-state index contributed by atoms with van der Waals surface area (Å²) in [5.41, 5.74) is 2.62. The topological polar surface area (TPSA) is 50.9 Å². The van der Waals surface area contributed by atoms with Crippen LogP contribution >= 0.6 is 31.9 Å². The zero-order valence-electron chi connectivity index (χ0n) is 9.50. The van der Waals surface area contributed by atoms with Crippen LogP contribution < -0.4 is 11.3 Å². The molecular formula is C12H9Br2F2N3. The molecule has 0 radical (unpaired) electrons. The molecule has 0 aliphatic rings. The summed E-state index contributed by atoms with van der Waals surface area (Å²) in [6.45, 7) is 0. The Balaban J connectivity index is 2.56. The molecule has 1 heterocycles. The van der Waals surface area contributed by atoms with E-state index in [1.54, 1.807) is 6.07 Å². The van der Waals surface area contributed by atoms with Crippen LogP contribution in [0.2, 0.25) is 0 Å². The zero-order valence-corrected chi connectivity index (χ0v) is 12.7. The van der Waals surface area contributed by atoms with Gasteiger partial charge < -0.3 is 0 Å². The van der Waals surface area contributed by atoms with Crippen molar-refractivity contribution in [2.24, 2.45) is 5.84 Å². The maximum Gasteiger partial charge on any atom is 0.131 e. The van der Waals surface area contributed by atoms with Crippen LogP contribution in [0.4, 0.5) is 8.78 Å². The van der Waals surface area contributed by atoms with Gasteiger partial charge in [0.1, 0.15) is 11.6 Å². The van der Waals surface area contributed by atoms with E-state index in [-0.39, 0.29) is 5.56 Å². The number of hydrazine groups is 1. The van der Waals surface area contributed by atoms with E-state index in [1.807, 2.05) is 0 Å². The van der Waals surface area contributed by atoms with Gasteiger partial charge in [-0.3, -0.25) is 10.8 Å². The van der Waals surface area contributed by atoms with E-state index < -0.39 is 17.7 Å². The quantitative estimate of drug-likeness (QED) is 0.621. The van der Waals surface area contributed by atoms with Crippen LogP contribution in [0.5, 0.6) is 0 Å². The van der Waals surface area contributed by atoms with E-state index in [4.69, 9.17) is 5.84 Å². The van der Waals surface area contributed by atoms with Crippen molar-refractivity contribution in [1.82, 2.24) is 10.4 Å². The molecule has 0 saturated heterocycles. The van der Waals surface area contributed by atoms with E-state index in [2.05, 4.69) is 42.3 Å². The number of aromatic nitrogens is 1. The molecule has 1 aromatic carbocycles. The highest BCUT2D eigenvalue weighted by atomic mass is 79.9. The van der Waals surface area contributed by atoms with Crippen LogP contribution in [0.15, 0.2) is 39.4 Å². The van der Waals surface area contributed by atoms with Crippen LogP contribution in [0.3, 0.4) is 0 Å². The van der Waals surface area contributed by atoms with Crippen molar-refractivity contribution >= 4 is 31.9 Å². The molecule has 2 rings (SSSR count). The van der Waals surface area contributed by atoms with Crippen molar-refractivity contribution in [3.05, 3.63) is 62.3 Å². The molecule has 0 bridgehead atoms. The van der Waals surface area contributed by atoms with Crippen LogP contribution in [0.1, 0.15) is 17.3 Å². The number of hydrogen-bond donors (Lipinski definition) is 2. The fourth-order valence-electron chi connectivity index (χ4n) is 1.72. The van der Waals surface area contributed by atoms with E-state index >= 15 is 0 Å². The second-order valence-electron chi connectivity index (χ2n) is 3.76. The second-order valence-corrected chi connectivity index (χ2v) is 5.53. The Morgan fingerprint density at radius 3 is 2.37 bits per heavy atom. The number of halogens is 4. The van der Waals surface area contributed by atoms with Crippen molar-refractivity contribution in [1.29, 1.82) is 0 Å². The lowest BCUT2D eigenvalue weighted by Gasteiger charge is -2.18. The molecule has 0 aliphatic heterocycles. The zero-order chi connectivity index (χ0) is 14.0. The van der Waals surface area contributed by atoms with Crippen LogP contribution in [-0.2, 0) is 0 Å². The summed E-state index contributed by atoms with van der Waals surface area (Å²) in [4.78, 5) is 4.14. The van der Waals surface area contributed by atoms with Gasteiger partial charge >= 0.3 is 0 Å². The molecule has 100 valence electrons. The average molecular weight is 393 g/mol. The van der Waals surface area contributed by atoms with Gasteiger partial charge in [-0.2, -0.15) is 0 Å². The molecule has 0 saturated carbocycles. The lowest BCUT2D eigenvalue weighted by molar-refractivity contribution is 0.504. The summed E-state index contributed by atoms with van der Waals surface area (Å²) in [6, 6.07) is 4.49. The number of nitrogens with zero attached hydrogens (tertiary/aromatic N) is 1. The third-order valence-electron chi connectivity index (χ3n) is 2.56. The maximum absolute atomic E-state index is 13.8. The fraction of sp³-hybridized carbons (Fsp3) is 0.0833. The minimum absolute atomic E-state index is 0.166. The van der Waals surface area contributed by atoms with Gasteiger partial charge in [0.15, 0.2) is 0 Å². The van der Waals surface area contributed by atoms with E-state index in [0.29, 0.717) is 10.2 Å². The molecular weight excluding hydrogens is 384 g/mol. The Morgan fingerprint density at radius 2 is 1.84 bits per heavy atom. The van der Waals surface area contributed by atoms with Gasteiger partial charge in [0.2, 0.25) is 0 Å². The van der Waals surface area contributed by atoms with Gasteiger partial charge in [-0.25, -0.2) is 14.2 Å². The molecule has 7 heteroatoms. The van der Waals surface area contributed by atoms with Gasteiger partial charge in [0, 0.05) is 20.7 Å².